The summed E-state index contributed by atoms with van der Waals surface area (Å²) in [4.78, 5) is 43.8. The lowest BCUT2D eigenvalue weighted by Gasteiger charge is -2.13. The SMILES string of the molecule is COc1ccc(CNc2nc(-c3ccco3)nn2C(=O)CN2C(=O)c3ccccc3C2=O)cc1. The number of carbonyl (C=O) groups excluding carboxylic acids is 3. The van der Waals surface area contributed by atoms with Crippen molar-refractivity contribution in [3.8, 4) is 17.3 Å². The highest BCUT2D eigenvalue weighted by molar-refractivity contribution is 6.22. The van der Waals surface area contributed by atoms with Crippen molar-refractivity contribution in [2.24, 2.45) is 0 Å². The van der Waals surface area contributed by atoms with Gasteiger partial charge in [-0.05, 0) is 42.0 Å². The van der Waals surface area contributed by atoms with Crippen LogP contribution in [-0.2, 0) is 6.54 Å². The van der Waals surface area contributed by atoms with Crippen LogP contribution in [0.4, 0.5) is 5.95 Å². The Balaban J connectivity index is 1.40. The maximum absolute atomic E-state index is 13.2. The number of hydrogen-bond donors (Lipinski definition) is 1. The number of benzene rings is 2. The number of rotatable bonds is 7. The summed E-state index contributed by atoms with van der Waals surface area (Å²) in [6.45, 7) is -0.134. The minimum atomic E-state index is -0.600. The van der Waals surface area contributed by atoms with Gasteiger partial charge in [0.1, 0.15) is 12.3 Å². The zero-order valence-corrected chi connectivity index (χ0v) is 18.1. The van der Waals surface area contributed by atoms with E-state index in [4.69, 9.17) is 9.15 Å². The summed E-state index contributed by atoms with van der Waals surface area (Å²) in [6.07, 6.45) is 1.47. The second-order valence-corrected chi connectivity index (χ2v) is 7.49. The van der Waals surface area contributed by atoms with Crippen LogP contribution < -0.4 is 10.1 Å². The van der Waals surface area contributed by atoms with E-state index in [-0.39, 0.29) is 22.9 Å². The molecule has 0 fully saturated rings. The fourth-order valence-corrected chi connectivity index (χ4v) is 3.62. The van der Waals surface area contributed by atoms with E-state index >= 15 is 0 Å². The van der Waals surface area contributed by atoms with Crippen molar-refractivity contribution < 1.29 is 23.5 Å². The number of ether oxygens (including phenoxy) is 1. The molecule has 0 radical (unpaired) electrons. The van der Waals surface area contributed by atoms with Gasteiger partial charge in [0.25, 0.3) is 17.7 Å². The third-order valence-electron chi connectivity index (χ3n) is 5.37. The van der Waals surface area contributed by atoms with Crippen LogP contribution in [0, 0.1) is 0 Å². The Morgan fingerprint density at radius 1 is 1.00 bits per heavy atom. The first-order valence-corrected chi connectivity index (χ1v) is 10.4. The quantitative estimate of drug-likeness (QED) is 0.421. The van der Waals surface area contributed by atoms with E-state index in [1.807, 2.05) is 24.3 Å². The smallest absolute Gasteiger partial charge is 0.270 e. The number of fused-ring (bicyclic) bond motifs is 1. The molecule has 2 amide bonds. The maximum Gasteiger partial charge on any atom is 0.270 e. The number of methoxy groups -OCH3 is 1. The normalized spacial score (nSPS) is 12.7. The summed E-state index contributed by atoms with van der Waals surface area (Å²) in [5.74, 6) is -0.192. The van der Waals surface area contributed by atoms with Crippen LogP contribution in [0.1, 0.15) is 31.1 Å². The topological polar surface area (TPSA) is 120 Å². The molecule has 0 bridgehead atoms. The Morgan fingerprint density at radius 2 is 1.71 bits per heavy atom. The molecule has 0 aliphatic carbocycles. The Hall–Kier alpha value is -4.73. The number of carbonyl (C=O) groups is 3. The highest BCUT2D eigenvalue weighted by atomic mass is 16.5. The van der Waals surface area contributed by atoms with Crippen LogP contribution >= 0.6 is 0 Å². The van der Waals surface area contributed by atoms with Gasteiger partial charge in [-0.15, -0.1) is 5.10 Å². The lowest BCUT2D eigenvalue weighted by molar-refractivity contribution is 0.0601. The molecule has 10 nitrogen and oxygen atoms in total. The third kappa shape index (κ3) is 3.81. The molecule has 1 aliphatic heterocycles. The predicted molar refractivity (Wildman–Crippen MR) is 120 cm³/mol. The zero-order chi connectivity index (χ0) is 23.7. The van der Waals surface area contributed by atoms with Gasteiger partial charge in [-0.3, -0.25) is 19.3 Å². The number of aromatic nitrogens is 3. The van der Waals surface area contributed by atoms with Gasteiger partial charge < -0.3 is 14.5 Å². The lowest BCUT2D eigenvalue weighted by atomic mass is 10.1. The molecule has 0 atom stereocenters. The molecule has 1 aliphatic rings. The zero-order valence-electron chi connectivity index (χ0n) is 18.1. The maximum atomic E-state index is 13.2. The van der Waals surface area contributed by atoms with Crippen LogP contribution in [0.15, 0.2) is 71.3 Å². The number of imide groups is 1. The summed E-state index contributed by atoms with van der Waals surface area (Å²) in [6, 6.07) is 17.2. The number of furan rings is 1. The van der Waals surface area contributed by atoms with E-state index in [0.29, 0.717) is 12.3 Å². The summed E-state index contributed by atoms with van der Waals surface area (Å²) < 4.78 is 11.6. The molecule has 2 aromatic carbocycles. The van der Waals surface area contributed by atoms with Gasteiger partial charge in [-0.1, -0.05) is 24.3 Å². The van der Waals surface area contributed by atoms with Gasteiger partial charge in [0.15, 0.2) is 5.76 Å². The largest absolute Gasteiger partial charge is 0.497 e. The van der Waals surface area contributed by atoms with E-state index in [0.717, 1.165) is 20.9 Å². The Labute approximate surface area is 193 Å². The second-order valence-electron chi connectivity index (χ2n) is 7.49. The van der Waals surface area contributed by atoms with Gasteiger partial charge in [0, 0.05) is 6.54 Å². The number of hydrogen-bond acceptors (Lipinski definition) is 8. The Kier molecular flexibility index (Phi) is 5.38. The molecular weight excluding hydrogens is 438 g/mol. The predicted octanol–water partition coefficient (Wildman–Crippen LogP) is 3.10. The Bertz CT molecular complexity index is 1340. The van der Waals surface area contributed by atoms with E-state index in [1.165, 1.54) is 6.26 Å². The van der Waals surface area contributed by atoms with Gasteiger partial charge in [-0.25, -0.2) is 0 Å². The molecule has 3 heterocycles. The first-order chi connectivity index (χ1) is 16.5. The first kappa shape index (κ1) is 21.1. The molecule has 5 rings (SSSR count). The molecular formula is C24H19N5O5. The van der Waals surface area contributed by atoms with E-state index < -0.39 is 24.3 Å². The highest BCUT2D eigenvalue weighted by Gasteiger charge is 2.37. The van der Waals surface area contributed by atoms with Crippen molar-refractivity contribution in [2.75, 3.05) is 19.0 Å². The Morgan fingerprint density at radius 3 is 2.32 bits per heavy atom. The van der Waals surface area contributed by atoms with Crippen LogP contribution in [0.2, 0.25) is 0 Å². The van der Waals surface area contributed by atoms with Crippen molar-refractivity contribution >= 4 is 23.7 Å². The molecule has 0 unspecified atom stereocenters. The van der Waals surface area contributed by atoms with Crippen molar-refractivity contribution in [3.63, 3.8) is 0 Å². The third-order valence-corrected chi connectivity index (χ3v) is 5.37. The molecule has 0 saturated heterocycles. The average Bonchev–Trinajstić information content (AvgIpc) is 3.60. The summed E-state index contributed by atoms with van der Waals surface area (Å²) in [5, 5.41) is 7.36. The molecule has 34 heavy (non-hydrogen) atoms. The fourth-order valence-electron chi connectivity index (χ4n) is 3.62. The van der Waals surface area contributed by atoms with Crippen molar-refractivity contribution in [1.82, 2.24) is 19.7 Å². The van der Waals surface area contributed by atoms with E-state index in [9.17, 15) is 14.4 Å². The summed E-state index contributed by atoms with van der Waals surface area (Å²) in [5.41, 5.74) is 1.46. The van der Waals surface area contributed by atoms with Crippen molar-refractivity contribution in [3.05, 3.63) is 83.6 Å². The van der Waals surface area contributed by atoms with Crippen LogP contribution in [0.5, 0.6) is 5.75 Å². The molecule has 4 aromatic rings. The minimum absolute atomic E-state index is 0.156. The summed E-state index contributed by atoms with van der Waals surface area (Å²) in [7, 11) is 1.59. The lowest BCUT2D eigenvalue weighted by Crippen LogP contribution is -2.37. The van der Waals surface area contributed by atoms with Crippen LogP contribution in [0.25, 0.3) is 11.6 Å². The standard InChI is InChI=1S/C24H19N5O5/c1-33-16-10-8-15(9-11-16)13-25-24-26-21(19-7-4-12-34-19)27-29(24)20(30)14-28-22(31)17-5-2-3-6-18(17)23(28)32/h2-12H,13-14H2,1H3,(H,25,26,27). The minimum Gasteiger partial charge on any atom is -0.497 e. The van der Waals surface area contributed by atoms with Gasteiger partial charge in [-0.2, -0.15) is 9.67 Å². The highest BCUT2D eigenvalue weighted by Crippen LogP contribution is 2.23. The molecule has 10 heteroatoms. The second kappa shape index (κ2) is 8.66. The van der Waals surface area contributed by atoms with Crippen molar-refractivity contribution in [1.29, 1.82) is 0 Å². The number of anilines is 1. The number of amides is 2. The van der Waals surface area contributed by atoms with E-state index in [2.05, 4.69) is 15.4 Å². The van der Waals surface area contributed by atoms with Crippen LogP contribution in [-0.4, -0.2) is 51.0 Å². The molecule has 0 saturated carbocycles. The monoisotopic (exact) mass is 457 g/mol. The van der Waals surface area contributed by atoms with Crippen LogP contribution in [0.3, 0.4) is 0 Å². The molecule has 1 N–H and O–H groups in total. The molecule has 170 valence electrons. The fraction of sp³-hybridized carbons (Fsp3) is 0.125. The average molecular weight is 457 g/mol. The van der Waals surface area contributed by atoms with E-state index in [1.54, 1.807) is 43.5 Å². The van der Waals surface area contributed by atoms with Gasteiger partial charge in [0.2, 0.25) is 11.8 Å². The number of nitrogens with zero attached hydrogens (tertiary/aromatic N) is 4. The summed E-state index contributed by atoms with van der Waals surface area (Å²) >= 11 is 0. The van der Waals surface area contributed by atoms with Gasteiger partial charge >= 0.3 is 0 Å². The molecule has 0 spiro atoms. The van der Waals surface area contributed by atoms with Gasteiger partial charge in [0.05, 0.1) is 24.5 Å². The molecule has 2 aromatic heterocycles. The number of nitrogens with one attached hydrogen (secondary N) is 1. The van der Waals surface area contributed by atoms with Crippen molar-refractivity contribution in [2.45, 2.75) is 6.54 Å². The first-order valence-electron chi connectivity index (χ1n) is 10.4.